The molecule has 0 unspecified atom stereocenters. The van der Waals surface area contributed by atoms with E-state index >= 15 is 0 Å². The number of fused-ring (bicyclic) bond motifs is 1. The fraction of sp³-hybridized carbons (Fsp3) is 0.417. The molecule has 0 aliphatic heterocycles. The molecule has 1 aromatic carbocycles. The van der Waals surface area contributed by atoms with E-state index in [1.54, 1.807) is 6.07 Å². The maximum absolute atomic E-state index is 9.29. The zero-order chi connectivity index (χ0) is 12.3. The average Bonchev–Trinajstić information content (AvgIpc) is 2.67. The van der Waals surface area contributed by atoms with Gasteiger partial charge in [-0.3, -0.25) is 0 Å². The molecule has 92 valence electrons. The van der Waals surface area contributed by atoms with Crippen LogP contribution in [0, 0.1) is 0 Å². The molecular formula is C12H15ClN2O2. The highest BCUT2D eigenvalue weighted by Gasteiger charge is 2.09. The van der Waals surface area contributed by atoms with Crippen molar-refractivity contribution in [2.24, 2.45) is 0 Å². The Labute approximate surface area is 105 Å². The summed E-state index contributed by atoms with van der Waals surface area (Å²) in [5.41, 5.74) is 1.77. The van der Waals surface area contributed by atoms with Gasteiger partial charge in [0.05, 0.1) is 17.6 Å². The first-order valence-corrected chi connectivity index (χ1v) is 5.97. The van der Waals surface area contributed by atoms with E-state index in [2.05, 4.69) is 4.98 Å². The Morgan fingerprint density at radius 1 is 1.47 bits per heavy atom. The van der Waals surface area contributed by atoms with Crippen LogP contribution in [0.3, 0.4) is 0 Å². The van der Waals surface area contributed by atoms with E-state index in [1.165, 1.54) is 0 Å². The van der Waals surface area contributed by atoms with Gasteiger partial charge in [0, 0.05) is 18.2 Å². The Morgan fingerprint density at radius 3 is 3.00 bits per heavy atom. The molecule has 1 N–H and O–H groups in total. The second-order valence-electron chi connectivity index (χ2n) is 3.67. The van der Waals surface area contributed by atoms with Gasteiger partial charge in [-0.05, 0) is 25.1 Å². The van der Waals surface area contributed by atoms with E-state index in [0.29, 0.717) is 30.6 Å². The molecule has 0 saturated carbocycles. The summed E-state index contributed by atoms with van der Waals surface area (Å²) in [6.45, 7) is 3.85. The first-order chi connectivity index (χ1) is 8.26. The van der Waals surface area contributed by atoms with Crippen LogP contribution in [0.25, 0.3) is 11.0 Å². The molecule has 17 heavy (non-hydrogen) atoms. The first kappa shape index (κ1) is 12.4. The average molecular weight is 255 g/mol. The van der Waals surface area contributed by atoms with Crippen LogP contribution in [0.15, 0.2) is 18.2 Å². The lowest BCUT2D eigenvalue weighted by atomic mass is 10.3. The summed E-state index contributed by atoms with van der Waals surface area (Å²) >= 11 is 5.91. The molecule has 4 nitrogen and oxygen atoms in total. The van der Waals surface area contributed by atoms with Gasteiger partial charge in [-0.25, -0.2) is 4.98 Å². The summed E-state index contributed by atoms with van der Waals surface area (Å²) in [5, 5.41) is 9.94. The number of hydrogen-bond donors (Lipinski definition) is 1. The maximum Gasteiger partial charge on any atom is 0.135 e. The Balaban J connectivity index is 2.36. The number of benzene rings is 1. The SMILES string of the molecule is CCOCCn1c(CO)nc2cc(Cl)ccc21. The number of imidazole rings is 1. The highest BCUT2D eigenvalue weighted by molar-refractivity contribution is 6.31. The highest BCUT2D eigenvalue weighted by Crippen LogP contribution is 2.20. The van der Waals surface area contributed by atoms with Crippen molar-refractivity contribution in [3.8, 4) is 0 Å². The van der Waals surface area contributed by atoms with E-state index in [-0.39, 0.29) is 6.61 Å². The van der Waals surface area contributed by atoms with Crippen LogP contribution in [0.1, 0.15) is 12.7 Å². The van der Waals surface area contributed by atoms with E-state index in [4.69, 9.17) is 16.3 Å². The van der Waals surface area contributed by atoms with Gasteiger partial charge in [-0.15, -0.1) is 0 Å². The van der Waals surface area contributed by atoms with E-state index in [1.807, 2.05) is 23.6 Å². The molecule has 1 aromatic heterocycles. The van der Waals surface area contributed by atoms with Crippen LogP contribution in [-0.4, -0.2) is 27.9 Å². The van der Waals surface area contributed by atoms with Gasteiger partial charge in [-0.2, -0.15) is 0 Å². The van der Waals surface area contributed by atoms with Gasteiger partial charge in [0.25, 0.3) is 0 Å². The molecule has 0 radical (unpaired) electrons. The molecule has 2 rings (SSSR count). The van der Waals surface area contributed by atoms with Crippen LogP contribution < -0.4 is 0 Å². The number of ether oxygens (including phenoxy) is 1. The van der Waals surface area contributed by atoms with Crippen molar-refractivity contribution in [3.05, 3.63) is 29.0 Å². The molecule has 0 bridgehead atoms. The smallest absolute Gasteiger partial charge is 0.135 e. The molecule has 0 aliphatic carbocycles. The molecule has 1 heterocycles. The molecule has 0 aliphatic rings. The van der Waals surface area contributed by atoms with Crippen molar-refractivity contribution in [2.75, 3.05) is 13.2 Å². The minimum Gasteiger partial charge on any atom is -0.388 e. The quantitative estimate of drug-likeness (QED) is 0.833. The fourth-order valence-electron chi connectivity index (χ4n) is 1.82. The van der Waals surface area contributed by atoms with Gasteiger partial charge in [0.15, 0.2) is 0 Å². The summed E-state index contributed by atoms with van der Waals surface area (Å²) in [7, 11) is 0. The lowest BCUT2D eigenvalue weighted by Crippen LogP contribution is -2.09. The lowest BCUT2D eigenvalue weighted by Gasteiger charge is -2.07. The van der Waals surface area contributed by atoms with Crippen molar-refractivity contribution >= 4 is 22.6 Å². The van der Waals surface area contributed by atoms with Gasteiger partial charge < -0.3 is 14.4 Å². The fourth-order valence-corrected chi connectivity index (χ4v) is 1.99. The standard InChI is InChI=1S/C12H15ClN2O2/c1-2-17-6-5-15-11-4-3-9(13)7-10(11)14-12(15)8-16/h3-4,7,16H,2,5-6,8H2,1H3. The number of nitrogens with zero attached hydrogens (tertiary/aromatic N) is 2. The number of halogens is 1. The molecule has 0 saturated heterocycles. The largest absolute Gasteiger partial charge is 0.388 e. The first-order valence-electron chi connectivity index (χ1n) is 5.59. The lowest BCUT2D eigenvalue weighted by molar-refractivity contribution is 0.137. The van der Waals surface area contributed by atoms with Crippen LogP contribution >= 0.6 is 11.6 Å². The van der Waals surface area contributed by atoms with E-state index in [9.17, 15) is 5.11 Å². The Hall–Kier alpha value is -1.10. The zero-order valence-electron chi connectivity index (χ0n) is 9.69. The van der Waals surface area contributed by atoms with Crippen LogP contribution in [0.4, 0.5) is 0 Å². The third-order valence-corrected chi connectivity index (χ3v) is 2.83. The number of aliphatic hydroxyl groups is 1. The molecule has 0 spiro atoms. The van der Waals surface area contributed by atoms with Gasteiger partial charge in [-0.1, -0.05) is 11.6 Å². The predicted molar refractivity (Wildman–Crippen MR) is 67.2 cm³/mol. The predicted octanol–water partition coefficient (Wildman–Crippen LogP) is 2.22. The van der Waals surface area contributed by atoms with Crippen molar-refractivity contribution in [2.45, 2.75) is 20.1 Å². The molecular weight excluding hydrogens is 240 g/mol. The summed E-state index contributed by atoms with van der Waals surface area (Å²) in [6, 6.07) is 5.53. The Kier molecular flexibility index (Phi) is 3.99. The van der Waals surface area contributed by atoms with Crippen LogP contribution in [0.2, 0.25) is 5.02 Å². The second kappa shape index (κ2) is 5.49. The number of hydrogen-bond acceptors (Lipinski definition) is 3. The highest BCUT2D eigenvalue weighted by atomic mass is 35.5. The summed E-state index contributed by atoms with van der Waals surface area (Å²) in [6.07, 6.45) is 0. The molecule has 5 heteroatoms. The number of aliphatic hydroxyl groups excluding tert-OH is 1. The van der Waals surface area contributed by atoms with Gasteiger partial charge in [0.1, 0.15) is 12.4 Å². The molecule has 0 amide bonds. The maximum atomic E-state index is 9.29. The van der Waals surface area contributed by atoms with Crippen LogP contribution in [-0.2, 0) is 17.9 Å². The van der Waals surface area contributed by atoms with Crippen molar-refractivity contribution in [1.82, 2.24) is 9.55 Å². The second-order valence-corrected chi connectivity index (χ2v) is 4.10. The Morgan fingerprint density at radius 2 is 2.29 bits per heavy atom. The summed E-state index contributed by atoms with van der Waals surface area (Å²) < 4.78 is 7.28. The van der Waals surface area contributed by atoms with Crippen molar-refractivity contribution in [3.63, 3.8) is 0 Å². The normalized spacial score (nSPS) is 11.2. The monoisotopic (exact) mass is 254 g/mol. The Bertz CT molecular complexity index is 510. The van der Waals surface area contributed by atoms with E-state index < -0.39 is 0 Å². The minimum atomic E-state index is -0.0849. The van der Waals surface area contributed by atoms with Gasteiger partial charge in [0.2, 0.25) is 0 Å². The summed E-state index contributed by atoms with van der Waals surface area (Å²) in [5.74, 6) is 0.641. The summed E-state index contributed by atoms with van der Waals surface area (Å²) in [4.78, 5) is 4.34. The minimum absolute atomic E-state index is 0.0849. The third-order valence-electron chi connectivity index (χ3n) is 2.59. The van der Waals surface area contributed by atoms with Gasteiger partial charge >= 0.3 is 0 Å². The number of aromatic nitrogens is 2. The van der Waals surface area contributed by atoms with Crippen LogP contribution in [0.5, 0.6) is 0 Å². The van der Waals surface area contributed by atoms with E-state index in [0.717, 1.165) is 11.0 Å². The third kappa shape index (κ3) is 2.60. The molecule has 0 fully saturated rings. The molecule has 2 aromatic rings. The van der Waals surface area contributed by atoms with Crippen molar-refractivity contribution < 1.29 is 9.84 Å². The topological polar surface area (TPSA) is 47.3 Å². The zero-order valence-corrected chi connectivity index (χ0v) is 10.4. The van der Waals surface area contributed by atoms with Crippen molar-refractivity contribution in [1.29, 1.82) is 0 Å². The molecule has 0 atom stereocenters. The number of rotatable bonds is 5.